The molecule has 4 nitrogen and oxygen atoms in total. The zero-order chi connectivity index (χ0) is 16.7. The van der Waals surface area contributed by atoms with Crippen LogP contribution in [0, 0.1) is 5.82 Å². The van der Waals surface area contributed by atoms with Crippen LogP contribution in [-0.2, 0) is 4.74 Å². The van der Waals surface area contributed by atoms with E-state index in [0.717, 1.165) is 12.8 Å². The number of nitrogens with one attached hydrogen (secondary N) is 1. The quantitative estimate of drug-likeness (QED) is 0.646. The van der Waals surface area contributed by atoms with Gasteiger partial charge in [-0.05, 0) is 30.7 Å². The molecule has 1 amide bonds. The minimum atomic E-state index is -0.618. The van der Waals surface area contributed by atoms with E-state index in [4.69, 9.17) is 4.74 Å². The third kappa shape index (κ3) is 4.39. The summed E-state index contributed by atoms with van der Waals surface area (Å²) < 4.78 is 18.8. The van der Waals surface area contributed by atoms with Gasteiger partial charge in [0.15, 0.2) is 0 Å². The summed E-state index contributed by atoms with van der Waals surface area (Å²) in [5.41, 5.74) is 0.456. The molecule has 0 aliphatic carbocycles. The van der Waals surface area contributed by atoms with E-state index in [9.17, 15) is 14.0 Å². The number of ether oxygens (including phenoxy) is 1. The fourth-order valence-corrected chi connectivity index (χ4v) is 1.99. The van der Waals surface area contributed by atoms with E-state index in [-0.39, 0.29) is 11.1 Å². The Balaban J connectivity index is 2.16. The van der Waals surface area contributed by atoms with Crippen molar-refractivity contribution in [2.45, 2.75) is 19.8 Å². The second kappa shape index (κ2) is 8.08. The standard InChI is InChI=1S/C18H18FNO3/c1-2-3-12-23-18(22)14-9-5-7-11-16(14)20-17(21)13-8-4-6-10-15(13)19/h4-11H,2-3,12H2,1H3,(H,20,21). The molecule has 0 unspecified atom stereocenters. The predicted octanol–water partition coefficient (Wildman–Crippen LogP) is 4.03. The molecule has 0 saturated heterocycles. The molecule has 23 heavy (non-hydrogen) atoms. The van der Waals surface area contributed by atoms with Crippen LogP contribution in [0.15, 0.2) is 48.5 Å². The second-order valence-corrected chi connectivity index (χ2v) is 4.97. The molecule has 0 radical (unpaired) electrons. The lowest BCUT2D eigenvalue weighted by molar-refractivity contribution is 0.0501. The molecule has 5 heteroatoms. The van der Waals surface area contributed by atoms with Gasteiger partial charge in [0.2, 0.25) is 0 Å². The molecule has 0 saturated carbocycles. The highest BCUT2D eigenvalue weighted by Crippen LogP contribution is 2.18. The molecular weight excluding hydrogens is 297 g/mol. The number of halogens is 1. The van der Waals surface area contributed by atoms with Gasteiger partial charge >= 0.3 is 5.97 Å². The summed E-state index contributed by atoms with van der Waals surface area (Å²) in [6.45, 7) is 2.32. The maximum atomic E-state index is 13.7. The van der Waals surface area contributed by atoms with Crippen molar-refractivity contribution in [3.05, 3.63) is 65.5 Å². The van der Waals surface area contributed by atoms with Gasteiger partial charge in [-0.3, -0.25) is 4.79 Å². The van der Waals surface area contributed by atoms with Gasteiger partial charge in [-0.2, -0.15) is 0 Å². The zero-order valence-corrected chi connectivity index (χ0v) is 12.8. The third-order valence-electron chi connectivity index (χ3n) is 3.24. The van der Waals surface area contributed by atoms with Crippen molar-refractivity contribution in [3.63, 3.8) is 0 Å². The lowest BCUT2D eigenvalue weighted by Gasteiger charge is -2.11. The Bertz CT molecular complexity index is 700. The molecular formula is C18H18FNO3. The van der Waals surface area contributed by atoms with Crippen LogP contribution in [0.5, 0.6) is 0 Å². The Morgan fingerprint density at radius 2 is 1.70 bits per heavy atom. The van der Waals surface area contributed by atoms with E-state index < -0.39 is 17.7 Å². The van der Waals surface area contributed by atoms with Crippen LogP contribution in [-0.4, -0.2) is 18.5 Å². The summed E-state index contributed by atoms with van der Waals surface area (Å²) in [6, 6.07) is 12.2. The summed E-state index contributed by atoms with van der Waals surface area (Å²) in [5, 5.41) is 2.56. The van der Waals surface area contributed by atoms with Crippen molar-refractivity contribution in [1.82, 2.24) is 0 Å². The average Bonchev–Trinajstić information content (AvgIpc) is 2.55. The number of anilines is 1. The van der Waals surface area contributed by atoms with Gasteiger partial charge in [0, 0.05) is 0 Å². The van der Waals surface area contributed by atoms with E-state index >= 15 is 0 Å². The SMILES string of the molecule is CCCCOC(=O)c1ccccc1NC(=O)c1ccccc1F. The lowest BCUT2D eigenvalue weighted by atomic mass is 10.1. The van der Waals surface area contributed by atoms with Gasteiger partial charge in [0.1, 0.15) is 5.82 Å². The van der Waals surface area contributed by atoms with Gasteiger partial charge in [0.05, 0.1) is 23.4 Å². The van der Waals surface area contributed by atoms with Crippen LogP contribution in [0.3, 0.4) is 0 Å². The maximum Gasteiger partial charge on any atom is 0.340 e. The molecule has 120 valence electrons. The first-order valence-corrected chi connectivity index (χ1v) is 7.45. The highest BCUT2D eigenvalue weighted by molar-refractivity contribution is 6.08. The molecule has 2 rings (SSSR count). The summed E-state index contributed by atoms with van der Waals surface area (Å²) >= 11 is 0. The minimum Gasteiger partial charge on any atom is -0.462 e. The van der Waals surface area contributed by atoms with Crippen LogP contribution in [0.1, 0.15) is 40.5 Å². The number of rotatable bonds is 6. The highest BCUT2D eigenvalue weighted by Gasteiger charge is 2.16. The van der Waals surface area contributed by atoms with Crippen LogP contribution in [0.25, 0.3) is 0 Å². The van der Waals surface area contributed by atoms with E-state index in [1.807, 2.05) is 6.92 Å². The average molecular weight is 315 g/mol. The monoisotopic (exact) mass is 315 g/mol. The third-order valence-corrected chi connectivity index (χ3v) is 3.24. The van der Waals surface area contributed by atoms with Crippen molar-refractivity contribution in [2.75, 3.05) is 11.9 Å². The molecule has 0 heterocycles. The number of carbonyl (C=O) groups excluding carboxylic acids is 2. The maximum absolute atomic E-state index is 13.7. The molecule has 0 fully saturated rings. The van der Waals surface area contributed by atoms with Crippen LogP contribution in [0.2, 0.25) is 0 Å². The number of esters is 1. The van der Waals surface area contributed by atoms with E-state index in [1.165, 1.54) is 18.2 Å². The summed E-state index contributed by atoms with van der Waals surface area (Å²) in [7, 11) is 0. The topological polar surface area (TPSA) is 55.4 Å². The van der Waals surface area contributed by atoms with Gasteiger partial charge in [-0.25, -0.2) is 9.18 Å². The molecule has 0 aliphatic heterocycles. The lowest BCUT2D eigenvalue weighted by Crippen LogP contribution is -2.17. The number of para-hydroxylation sites is 1. The van der Waals surface area contributed by atoms with E-state index in [1.54, 1.807) is 30.3 Å². The minimum absolute atomic E-state index is 0.0818. The van der Waals surface area contributed by atoms with Gasteiger partial charge < -0.3 is 10.1 Å². The van der Waals surface area contributed by atoms with Crippen molar-refractivity contribution in [2.24, 2.45) is 0 Å². The van der Waals surface area contributed by atoms with E-state index in [0.29, 0.717) is 12.3 Å². The van der Waals surface area contributed by atoms with Gasteiger partial charge in [-0.15, -0.1) is 0 Å². The van der Waals surface area contributed by atoms with E-state index in [2.05, 4.69) is 5.32 Å². The fraction of sp³-hybridized carbons (Fsp3) is 0.222. The Morgan fingerprint density at radius 1 is 1.04 bits per heavy atom. The molecule has 0 bridgehead atoms. The number of unbranched alkanes of at least 4 members (excludes halogenated alkanes) is 1. The Hall–Kier alpha value is -2.69. The molecule has 0 aliphatic rings. The molecule has 2 aromatic rings. The second-order valence-electron chi connectivity index (χ2n) is 4.97. The smallest absolute Gasteiger partial charge is 0.340 e. The van der Waals surface area contributed by atoms with Gasteiger partial charge in [-0.1, -0.05) is 37.6 Å². The highest BCUT2D eigenvalue weighted by atomic mass is 19.1. The molecule has 0 aromatic heterocycles. The number of hydrogen-bond donors (Lipinski definition) is 1. The molecule has 0 spiro atoms. The van der Waals surface area contributed by atoms with Crippen molar-refractivity contribution in [1.29, 1.82) is 0 Å². The number of amides is 1. The van der Waals surface area contributed by atoms with Crippen molar-refractivity contribution < 1.29 is 18.7 Å². The first kappa shape index (κ1) is 16.7. The number of benzene rings is 2. The number of hydrogen-bond acceptors (Lipinski definition) is 3. The molecule has 2 aromatic carbocycles. The largest absolute Gasteiger partial charge is 0.462 e. The Labute approximate surface area is 134 Å². The molecule has 1 N–H and O–H groups in total. The van der Waals surface area contributed by atoms with Crippen molar-refractivity contribution >= 4 is 17.6 Å². The van der Waals surface area contributed by atoms with Crippen LogP contribution in [0.4, 0.5) is 10.1 Å². The normalized spacial score (nSPS) is 10.2. The first-order valence-electron chi connectivity index (χ1n) is 7.45. The summed E-state index contributed by atoms with van der Waals surface area (Å²) in [5.74, 6) is -1.74. The zero-order valence-electron chi connectivity index (χ0n) is 12.8. The van der Waals surface area contributed by atoms with Crippen molar-refractivity contribution in [3.8, 4) is 0 Å². The first-order chi connectivity index (χ1) is 11.1. The fourth-order valence-electron chi connectivity index (χ4n) is 1.99. The number of carbonyl (C=O) groups is 2. The van der Waals surface area contributed by atoms with Crippen LogP contribution < -0.4 is 5.32 Å². The Kier molecular flexibility index (Phi) is 5.86. The Morgan fingerprint density at radius 3 is 2.39 bits per heavy atom. The summed E-state index contributed by atoms with van der Waals surface area (Å²) in [4.78, 5) is 24.2. The molecule has 0 atom stereocenters. The predicted molar refractivity (Wildman–Crippen MR) is 86.0 cm³/mol. The summed E-state index contributed by atoms with van der Waals surface area (Å²) in [6.07, 6.45) is 1.69. The van der Waals surface area contributed by atoms with Gasteiger partial charge in [0.25, 0.3) is 5.91 Å². The van der Waals surface area contributed by atoms with Crippen LogP contribution >= 0.6 is 0 Å².